The van der Waals surface area contributed by atoms with Crippen LogP contribution >= 0.6 is 0 Å². The number of methoxy groups -OCH3 is 1. The Bertz CT molecular complexity index is 641. The molecule has 2 aromatic heterocycles. The van der Waals surface area contributed by atoms with E-state index in [2.05, 4.69) is 15.6 Å². The molecule has 2 rings (SSSR count). The number of hydrogen-bond donors (Lipinski definition) is 2. The lowest BCUT2D eigenvalue weighted by molar-refractivity contribution is 0.233. The summed E-state index contributed by atoms with van der Waals surface area (Å²) in [6.07, 6.45) is 1.62. The molecule has 2 heterocycles. The van der Waals surface area contributed by atoms with E-state index in [0.717, 1.165) is 11.5 Å². The molecular formula is C16H22N4O3. The first-order valence-electron chi connectivity index (χ1n) is 7.27. The number of amides is 2. The topological polar surface area (TPSA) is 79.6 Å². The predicted octanol–water partition coefficient (Wildman–Crippen LogP) is 2.42. The molecule has 7 nitrogen and oxygen atoms in total. The molecular weight excluding hydrogens is 296 g/mol. The van der Waals surface area contributed by atoms with Crippen molar-refractivity contribution >= 4 is 11.8 Å². The number of aryl methyl sites for hydroxylation is 1. The van der Waals surface area contributed by atoms with Crippen molar-refractivity contribution in [1.29, 1.82) is 0 Å². The van der Waals surface area contributed by atoms with Gasteiger partial charge >= 0.3 is 6.03 Å². The van der Waals surface area contributed by atoms with Crippen LogP contribution in [0, 0.1) is 6.92 Å². The van der Waals surface area contributed by atoms with Crippen LogP contribution in [0.2, 0.25) is 0 Å². The fourth-order valence-corrected chi connectivity index (χ4v) is 2.16. The Balaban J connectivity index is 1.98. The molecule has 0 saturated heterocycles. The molecule has 0 aliphatic rings. The van der Waals surface area contributed by atoms with Crippen molar-refractivity contribution in [2.24, 2.45) is 0 Å². The number of hydrogen-bond acceptors (Lipinski definition) is 5. The lowest BCUT2D eigenvalue weighted by Crippen LogP contribution is -2.37. The van der Waals surface area contributed by atoms with E-state index in [4.69, 9.17) is 9.15 Å². The maximum Gasteiger partial charge on any atom is 0.320 e. The number of pyridine rings is 1. The Kier molecular flexibility index (Phi) is 5.59. The van der Waals surface area contributed by atoms with E-state index < -0.39 is 0 Å². The van der Waals surface area contributed by atoms with E-state index >= 15 is 0 Å². The number of furan rings is 1. The number of nitrogens with one attached hydrogen (secondary N) is 2. The van der Waals surface area contributed by atoms with E-state index in [0.29, 0.717) is 18.1 Å². The van der Waals surface area contributed by atoms with Crippen LogP contribution in [0.5, 0.6) is 5.75 Å². The molecule has 0 aromatic carbocycles. The van der Waals surface area contributed by atoms with Gasteiger partial charge in [0.05, 0.1) is 19.4 Å². The molecule has 0 aliphatic heterocycles. The molecule has 124 valence electrons. The van der Waals surface area contributed by atoms with Gasteiger partial charge in [-0.25, -0.2) is 9.78 Å². The van der Waals surface area contributed by atoms with Gasteiger partial charge in [-0.15, -0.1) is 0 Å². The van der Waals surface area contributed by atoms with E-state index in [-0.39, 0.29) is 12.1 Å². The van der Waals surface area contributed by atoms with Gasteiger partial charge in [-0.3, -0.25) is 10.2 Å². The summed E-state index contributed by atoms with van der Waals surface area (Å²) in [6, 6.07) is 6.90. The number of ether oxygens (including phenoxy) is 1. The normalized spacial score (nSPS) is 12.0. The van der Waals surface area contributed by atoms with Gasteiger partial charge in [-0.1, -0.05) is 0 Å². The lowest BCUT2D eigenvalue weighted by Gasteiger charge is -2.22. The Morgan fingerprint density at radius 1 is 1.39 bits per heavy atom. The van der Waals surface area contributed by atoms with Crippen molar-refractivity contribution in [1.82, 2.24) is 15.2 Å². The smallest absolute Gasteiger partial charge is 0.320 e. The second-order valence-corrected chi connectivity index (χ2v) is 5.33. The zero-order valence-corrected chi connectivity index (χ0v) is 13.8. The van der Waals surface area contributed by atoms with Gasteiger partial charge in [-0.05, 0) is 45.3 Å². The highest BCUT2D eigenvalue weighted by molar-refractivity contribution is 5.89. The van der Waals surface area contributed by atoms with Crippen molar-refractivity contribution in [3.05, 3.63) is 42.0 Å². The summed E-state index contributed by atoms with van der Waals surface area (Å²) < 4.78 is 10.6. The minimum atomic E-state index is -0.347. The molecule has 0 unspecified atom stereocenters. The molecule has 0 bridgehead atoms. The van der Waals surface area contributed by atoms with Crippen LogP contribution in [-0.2, 0) is 0 Å². The first kappa shape index (κ1) is 16.8. The molecule has 2 amide bonds. The van der Waals surface area contributed by atoms with Crippen LogP contribution in [0.25, 0.3) is 0 Å². The quantitative estimate of drug-likeness (QED) is 0.855. The van der Waals surface area contributed by atoms with E-state index in [1.807, 2.05) is 44.1 Å². The molecule has 0 aliphatic carbocycles. The van der Waals surface area contributed by atoms with Crippen LogP contribution < -0.4 is 15.4 Å². The van der Waals surface area contributed by atoms with Crippen molar-refractivity contribution in [3.8, 4) is 5.75 Å². The highest BCUT2D eigenvalue weighted by Gasteiger charge is 2.18. The van der Waals surface area contributed by atoms with Crippen LogP contribution in [0.4, 0.5) is 10.6 Å². The van der Waals surface area contributed by atoms with E-state index in [1.54, 1.807) is 12.3 Å². The number of aromatic nitrogens is 1. The predicted molar refractivity (Wildman–Crippen MR) is 87.7 cm³/mol. The number of rotatable bonds is 6. The molecule has 7 heteroatoms. The minimum Gasteiger partial charge on any atom is -0.493 e. The average Bonchev–Trinajstić information content (AvgIpc) is 3.01. The van der Waals surface area contributed by atoms with Gasteiger partial charge in [0.25, 0.3) is 0 Å². The number of carbonyl (C=O) groups is 1. The number of urea groups is 1. The number of nitrogens with zero attached hydrogens (tertiary/aromatic N) is 2. The monoisotopic (exact) mass is 318 g/mol. The zero-order chi connectivity index (χ0) is 16.8. The standard InChI is InChI=1S/C16H22N4O3/c1-11-7-8-14(22-4)15(18-11)19-16(21)17-10-12(20(2)3)13-6-5-9-23-13/h5-9,12H,10H2,1-4H3,(H2,17,18,19,21)/t12-/m0/s1. The Morgan fingerprint density at radius 3 is 2.78 bits per heavy atom. The third-order valence-electron chi connectivity index (χ3n) is 3.40. The Labute approximate surface area is 135 Å². The van der Waals surface area contributed by atoms with Crippen LogP contribution in [0.15, 0.2) is 34.9 Å². The van der Waals surface area contributed by atoms with Gasteiger partial charge in [0.1, 0.15) is 5.76 Å². The maximum absolute atomic E-state index is 12.1. The Hall–Kier alpha value is -2.54. The van der Waals surface area contributed by atoms with Crippen LogP contribution in [-0.4, -0.2) is 43.7 Å². The van der Waals surface area contributed by atoms with Gasteiger partial charge in [0.2, 0.25) is 0 Å². The zero-order valence-electron chi connectivity index (χ0n) is 13.8. The van der Waals surface area contributed by atoms with Gasteiger partial charge in [0, 0.05) is 12.2 Å². The van der Waals surface area contributed by atoms with Crippen LogP contribution in [0.1, 0.15) is 17.5 Å². The molecule has 0 saturated carbocycles. The maximum atomic E-state index is 12.1. The Morgan fingerprint density at radius 2 is 2.17 bits per heavy atom. The largest absolute Gasteiger partial charge is 0.493 e. The molecule has 23 heavy (non-hydrogen) atoms. The van der Waals surface area contributed by atoms with Gasteiger partial charge in [-0.2, -0.15) is 0 Å². The SMILES string of the molecule is COc1ccc(C)nc1NC(=O)NC[C@@H](c1ccco1)N(C)C. The summed E-state index contributed by atoms with van der Waals surface area (Å²) in [7, 11) is 5.39. The van der Waals surface area contributed by atoms with Crippen LogP contribution in [0.3, 0.4) is 0 Å². The molecule has 1 atom stereocenters. The second kappa shape index (κ2) is 7.64. The first-order valence-corrected chi connectivity index (χ1v) is 7.27. The average molecular weight is 318 g/mol. The van der Waals surface area contributed by atoms with E-state index in [1.165, 1.54) is 7.11 Å². The van der Waals surface area contributed by atoms with Crippen molar-refractivity contribution in [2.75, 3.05) is 33.1 Å². The van der Waals surface area contributed by atoms with Crippen molar-refractivity contribution in [2.45, 2.75) is 13.0 Å². The minimum absolute atomic E-state index is 0.0527. The van der Waals surface area contributed by atoms with Crippen molar-refractivity contribution in [3.63, 3.8) is 0 Å². The second-order valence-electron chi connectivity index (χ2n) is 5.33. The highest BCUT2D eigenvalue weighted by atomic mass is 16.5. The fraction of sp³-hybridized carbons (Fsp3) is 0.375. The number of carbonyl (C=O) groups excluding carboxylic acids is 1. The summed E-state index contributed by atoms with van der Waals surface area (Å²) in [6.45, 7) is 2.25. The molecule has 0 radical (unpaired) electrons. The lowest BCUT2D eigenvalue weighted by atomic mass is 10.2. The van der Waals surface area contributed by atoms with Crippen molar-refractivity contribution < 1.29 is 13.9 Å². The van der Waals surface area contributed by atoms with E-state index in [9.17, 15) is 4.79 Å². The summed E-state index contributed by atoms with van der Waals surface area (Å²) >= 11 is 0. The third-order valence-corrected chi connectivity index (χ3v) is 3.40. The fourth-order valence-electron chi connectivity index (χ4n) is 2.16. The summed E-state index contributed by atoms with van der Waals surface area (Å²) in [5.74, 6) is 1.70. The molecule has 2 N–H and O–H groups in total. The molecule has 0 spiro atoms. The summed E-state index contributed by atoms with van der Waals surface area (Å²) in [5.41, 5.74) is 0.794. The third kappa shape index (κ3) is 4.46. The van der Waals surface area contributed by atoms with Gasteiger partial charge < -0.3 is 14.5 Å². The van der Waals surface area contributed by atoms with Gasteiger partial charge in [0.15, 0.2) is 11.6 Å². The first-order chi connectivity index (χ1) is 11.0. The molecule has 0 fully saturated rings. The summed E-state index contributed by atoms with van der Waals surface area (Å²) in [5, 5.41) is 5.53. The number of anilines is 1. The molecule has 2 aromatic rings. The number of likely N-dealkylation sites (N-methyl/N-ethyl adjacent to an activating group) is 1. The highest BCUT2D eigenvalue weighted by Crippen LogP contribution is 2.22. The summed E-state index contributed by atoms with van der Waals surface area (Å²) in [4.78, 5) is 18.4.